The standard InChI is InChI=1S/C13H22N4O2/c1-4-10(2)17-13(14-3)16-8-7-15-12(18)11-6-5-9-19-11/h5-6,9-10H,4,7-8H2,1-3H3,(H,15,18)(H2,14,16,17). The maximum absolute atomic E-state index is 11.6. The number of amides is 1. The molecule has 0 aliphatic heterocycles. The molecular formula is C13H22N4O2. The Morgan fingerprint density at radius 1 is 1.42 bits per heavy atom. The van der Waals surface area contributed by atoms with Crippen LogP contribution < -0.4 is 16.0 Å². The first-order valence-corrected chi connectivity index (χ1v) is 6.46. The Morgan fingerprint density at radius 3 is 2.74 bits per heavy atom. The fourth-order valence-corrected chi connectivity index (χ4v) is 1.38. The molecule has 3 N–H and O–H groups in total. The van der Waals surface area contributed by atoms with Gasteiger partial charge in [-0.05, 0) is 25.5 Å². The first kappa shape index (κ1) is 15.1. The van der Waals surface area contributed by atoms with Gasteiger partial charge in [0.15, 0.2) is 11.7 Å². The molecule has 1 amide bonds. The van der Waals surface area contributed by atoms with E-state index in [-0.39, 0.29) is 5.91 Å². The van der Waals surface area contributed by atoms with Crippen molar-refractivity contribution in [2.75, 3.05) is 20.1 Å². The van der Waals surface area contributed by atoms with Crippen molar-refractivity contribution < 1.29 is 9.21 Å². The number of rotatable bonds is 6. The van der Waals surface area contributed by atoms with Gasteiger partial charge in [0.2, 0.25) is 0 Å². The number of hydrogen-bond acceptors (Lipinski definition) is 3. The van der Waals surface area contributed by atoms with E-state index in [1.807, 2.05) is 0 Å². The molecule has 1 aromatic rings. The molecule has 0 aliphatic rings. The van der Waals surface area contributed by atoms with Gasteiger partial charge < -0.3 is 20.4 Å². The van der Waals surface area contributed by atoms with Crippen LogP contribution in [0.2, 0.25) is 0 Å². The lowest BCUT2D eigenvalue weighted by Gasteiger charge is -2.16. The second-order valence-electron chi connectivity index (χ2n) is 4.19. The molecule has 6 nitrogen and oxygen atoms in total. The van der Waals surface area contributed by atoms with E-state index in [2.05, 4.69) is 34.8 Å². The predicted molar refractivity (Wildman–Crippen MR) is 75.3 cm³/mol. The number of furan rings is 1. The second-order valence-corrected chi connectivity index (χ2v) is 4.19. The van der Waals surface area contributed by atoms with Crippen LogP contribution in [0.3, 0.4) is 0 Å². The van der Waals surface area contributed by atoms with Gasteiger partial charge in [-0.25, -0.2) is 0 Å². The summed E-state index contributed by atoms with van der Waals surface area (Å²) in [5, 5.41) is 9.12. The number of guanidine groups is 1. The van der Waals surface area contributed by atoms with E-state index in [0.717, 1.165) is 12.4 Å². The van der Waals surface area contributed by atoms with E-state index in [1.54, 1.807) is 19.2 Å². The first-order valence-electron chi connectivity index (χ1n) is 6.46. The molecule has 0 saturated heterocycles. The van der Waals surface area contributed by atoms with Crippen molar-refractivity contribution in [1.82, 2.24) is 16.0 Å². The van der Waals surface area contributed by atoms with E-state index < -0.39 is 0 Å². The lowest BCUT2D eigenvalue weighted by atomic mass is 10.3. The minimum absolute atomic E-state index is 0.211. The predicted octanol–water partition coefficient (Wildman–Crippen LogP) is 0.973. The van der Waals surface area contributed by atoms with Gasteiger partial charge in [0.25, 0.3) is 5.91 Å². The average Bonchev–Trinajstić information content (AvgIpc) is 2.95. The van der Waals surface area contributed by atoms with Crippen molar-refractivity contribution in [3.8, 4) is 0 Å². The quantitative estimate of drug-likeness (QED) is 0.407. The third kappa shape index (κ3) is 5.46. The Labute approximate surface area is 113 Å². The molecule has 1 rings (SSSR count). The van der Waals surface area contributed by atoms with Crippen LogP contribution in [0.5, 0.6) is 0 Å². The molecule has 1 aromatic heterocycles. The van der Waals surface area contributed by atoms with Crippen LogP contribution in [0.25, 0.3) is 0 Å². The molecule has 0 radical (unpaired) electrons. The molecular weight excluding hydrogens is 244 g/mol. The summed E-state index contributed by atoms with van der Waals surface area (Å²) in [4.78, 5) is 15.7. The summed E-state index contributed by atoms with van der Waals surface area (Å²) in [7, 11) is 1.72. The largest absolute Gasteiger partial charge is 0.459 e. The van der Waals surface area contributed by atoms with E-state index in [4.69, 9.17) is 4.42 Å². The molecule has 1 heterocycles. The van der Waals surface area contributed by atoms with Crippen LogP contribution in [-0.2, 0) is 0 Å². The number of hydrogen-bond donors (Lipinski definition) is 3. The van der Waals surface area contributed by atoms with Crippen molar-refractivity contribution in [2.45, 2.75) is 26.3 Å². The highest BCUT2D eigenvalue weighted by Crippen LogP contribution is 1.98. The van der Waals surface area contributed by atoms with Crippen molar-refractivity contribution in [1.29, 1.82) is 0 Å². The fraction of sp³-hybridized carbons (Fsp3) is 0.538. The Morgan fingerprint density at radius 2 is 2.16 bits per heavy atom. The summed E-state index contributed by atoms with van der Waals surface area (Å²) in [5.41, 5.74) is 0. The highest BCUT2D eigenvalue weighted by atomic mass is 16.3. The molecule has 1 atom stereocenters. The van der Waals surface area contributed by atoms with E-state index in [9.17, 15) is 4.79 Å². The van der Waals surface area contributed by atoms with Gasteiger partial charge in [0, 0.05) is 26.2 Å². The van der Waals surface area contributed by atoms with E-state index in [0.29, 0.717) is 24.9 Å². The zero-order valence-electron chi connectivity index (χ0n) is 11.7. The van der Waals surface area contributed by atoms with Crippen LogP contribution in [0.1, 0.15) is 30.8 Å². The number of carbonyl (C=O) groups is 1. The van der Waals surface area contributed by atoms with Crippen molar-refractivity contribution >= 4 is 11.9 Å². The normalized spacial score (nSPS) is 12.9. The van der Waals surface area contributed by atoms with Crippen LogP contribution in [0.15, 0.2) is 27.8 Å². The summed E-state index contributed by atoms with van der Waals surface area (Å²) < 4.78 is 4.99. The zero-order valence-corrected chi connectivity index (χ0v) is 11.7. The maximum atomic E-state index is 11.6. The number of nitrogens with zero attached hydrogens (tertiary/aromatic N) is 1. The highest BCUT2D eigenvalue weighted by molar-refractivity contribution is 5.91. The monoisotopic (exact) mass is 266 g/mol. The summed E-state index contributed by atoms with van der Waals surface area (Å²) in [5.74, 6) is 0.848. The van der Waals surface area contributed by atoms with Crippen LogP contribution >= 0.6 is 0 Å². The lowest BCUT2D eigenvalue weighted by Crippen LogP contribution is -2.44. The van der Waals surface area contributed by atoms with Gasteiger partial charge in [0.05, 0.1) is 6.26 Å². The molecule has 0 aliphatic carbocycles. The lowest BCUT2D eigenvalue weighted by molar-refractivity contribution is 0.0926. The summed E-state index contributed by atoms with van der Waals surface area (Å²) >= 11 is 0. The molecule has 6 heteroatoms. The van der Waals surface area contributed by atoms with Crippen molar-refractivity contribution in [3.63, 3.8) is 0 Å². The summed E-state index contributed by atoms with van der Waals surface area (Å²) in [6.45, 7) is 5.30. The van der Waals surface area contributed by atoms with E-state index in [1.165, 1.54) is 6.26 Å². The number of carbonyl (C=O) groups excluding carboxylic acids is 1. The summed E-state index contributed by atoms with van der Waals surface area (Å²) in [6, 6.07) is 3.68. The Kier molecular flexibility index (Phi) is 6.49. The zero-order chi connectivity index (χ0) is 14.1. The van der Waals surface area contributed by atoms with Crippen LogP contribution in [-0.4, -0.2) is 38.0 Å². The summed E-state index contributed by atoms with van der Waals surface area (Å²) in [6.07, 6.45) is 2.50. The van der Waals surface area contributed by atoms with Crippen molar-refractivity contribution in [3.05, 3.63) is 24.2 Å². The molecule has 1 unspecified atom stereocenters. The third-order valence-electron chi connectivity index (χ3n) is 2.67. The minimum atomic E-state index is -0.211. The third-order valence-corrected chi connectivity index (χ3v) is 2.67. The average molecular weight is 266 g/mol. The highest BCUT2D eigenvalue weighted by Gasteiger charge is 2.07. The molecule has 0 spiro atoms. The molecule has 106 valence electrons. The minimum Gasteiger partial charge on any atom is -0.459 e. The molecule has 0 bridgehead atoms. The molecule has 0 fully saturated rings. The van der Waals surface area contributed by atoms with Gasteiger partial charge in [-0.15, -0.1) is 0 Å². The number of nitrogens with one attached hydrogen (secondary N) is 3. The van der Waals surface area contributed by atoms with Gasteiger partial charge >= 0.3 is 0 Å². The van der Waals surface area contributed by atoms with Gasteiger partial charge in [-0.1, -0.05) is 6.92 Å². The maximum Gasteiger partial charge on any atom is 0.287 e. The van der Waals surface area contributed by atoms with Crippen LogP contribution in [0.4, 0.5) is 0 Å². The number of aliphatic imine (C=N–C) groups is 1. The molecule has 0 saturated carbocycles. The van der Waals surface area contributed by atoms with Crippen molar-refractivity contribution in [2.24, 2.45) is 4.99 Å². The smallest absolute Gasteiger partial charge is 0.287 e. The first-order chi connectivity index (χ1) is 9.17. The van der Waals surface area contributed by atoms with E-state index >= 15 is 0 Å². The molecule has 19 heavy (non-hydrogen) atoms. The Bertz CT molecular complexity index is 401. The molecule has 0 aromatic carbocycles. The van der Waals surface area contributed by atoms with Crippen LogP contribution in [0, 0.1) is 0 Å². The SMILES string of the molecule is CCC(C)NC(=NC)NCCNC(=O)c1ccco1. The second kappa shape index (κ2) is 8.18. The topological polar surface area (TPSA) is 78.7 Å². The fourth-order valence-electron chi connectivity index (χ4n) is 1.38. The van der Waals surface area contributed by atoms with Gasteiger partial charge in [0.1, 0.15) is 0 Å². The van der Waals surface area contributed by atoms with Gasteiger partial charge in [-0.3, -0.25) is 9.79 Å². The Hall–Kier alpha value is -1.98. The Balaban J connectivity index is 2.21. The van der Waals surface area contributed by atoms with Gasteiger partial charge in [-0.2, -0.15) is 0 Å².